The summed E-state index contributed by atoms with van der Waals surface area (Å²) in [5.41, 5.74) is 0.710. The van der Waals surface area contributed by atoms with Crippen LogP contribution in [0, 0.1) is 5.92 Å². The quantitative estimate of drug-likeness (QED) is 0.491. The van der Waals surface area contributed by atoms with Crippen molar-refractivity contribution in [2.45, 2.75) is 35.4 Å². The molecule has 1 N–H and O–H groups in total. The molecule has 0 aliphatic carbocycles. The van der Waals surface area contributed by atoms with Gasteiger partial charge in [-0.05, 0) is 73.2 Å². The molecule has 3 aromatic rings. The number of amides is 1. The zero-order valence-corrected chi connectivity index (χ0v) is 18.6. The summed E-state index contributed by atoms with van der Waals surface area (Å²) >= 11 is 1.21. The number of phenolic OH excluding ortho intramolecular Hbond substituents is 1. The van der Waals surface area contributed by atoms with Crippen molar-refractivity contribution in [2.24, 2.45) is 5.92 Å². The van der Waals surface area contributed by atoms with Gasteiger partial charge >= 0.3 is 6.18 Å². The molecule has 4 nitrogen and oxygen atoms in total. The maximum absolute atomic E-state index is 12.9. The van der Waals surface area contributed by atoms with Crippen molar-refractivity contribution in [3.63, 3.8) is 0 Å². The first-order chi connectivity index (χ1) is 15.8. The van der Waals surface area contributed by atoms with E-state index in [1.807, 2.05) is 29.2 Å². The lowest BCUT2D eigenvalue weighted by Crippen LogP contribution is -2.38. The molecule has 0 saturated carbocycles. The van der Waals surface area contributed by atoms with Crippen LogP contribution >= 0.6 is 11.8 Å². The molecule has 0 unspecified atom stereocenters. The Morgan fingerprint density at radius 1 is 1.03 bits per heavy atom. The number of aromatic nitrogens is 1. The van der Waals surface area contributed by atoms with Crippen LogP contribution in [0.5, 0.6) is 5.75 Å². The molecule has 1 aromatic heterocycles. The van der Waals surface area contributed by atoms with Gasteiger partial charge in [-0.2, -0.15) is 13.2 Å². The zero-order valence-electron chi connectivity index (χ0n) is 17.8. The number of hydrogen-bond acceptors (Lipinski definition) is 4. The highest BCUT2D eigenvalue weighted by molar-refractivity contribution is 7.99. The molecule has 1 aliphatic rings. The number of rotatable bonds is 5. The molecule has 0 spiro atoms. The summed E-state index contributed by atoms with van der Waals surface area (Å²) in [5.74, 6) is 0.426. The van der Waals surface area contributed by atoms with Crippen LogP contribution in [-0.4, -0.2) is 34.0 Å². The van der Waals surface area contributed by atoms with E-state index in [0.29, 0.717) is 29.6 Å². The lowest BCUT2D eigenvalue weighted by atomic mass is 9.90. The van der Waals surface area contributed by atoms with Crippen LogP contribution in [0.3, 0.4) is 0 Å². The fourth-order valence-electron chi connectivity index (χ4n) is 3.98. The van der Waals surface area contributed by atoms with Crippen LogP contribution < -0.4 is 0 Å². The predicted molar refractivity (Wildman–Crippen MR) is 120 cm³/mol. The van der Waals surface area contributed by atoms with E-state index in [1.165, 1.54) is 23.9 Å². The van der Waals surface area contributed by atoms with Crippen molar-refractivity contribution in [1.82, 2.24) is 9.88 Å². The molecule has 1 saturated heterocycles. The first kappa shape index (κ1) is 23.2. The van der Waals surface area contributed by atoms with Gasteiger partial charge in [-0.3, -0.25) is 4.79 Å². The minimum absolute atomic E-state index is 0.0728. The van der Waals surface area contributed by atoms with E-state index >= 15 is 0 Å². The molecule has 1 amide bonds. The number of likely N-dealkylation sites (tertiary alicyclic amines) is 1. The van der Waals surface area contributed by atoms with E-state index in [9.17, 15) is 23.1 Å². The first-order valence-corrected chi connectivity index (χ1v) is 11.5. The van der Waals surface area contributed by atoms with Crippen LogP contribution in [0.4, 0.5) is 13.2 Å². The summed E-state index contributed by atoms with van der Waals surface area (Å²) in [7, 11) is 0. The van der Waals surface area contributed by atoms with E-state index < -0.39 is 11.9 Å². The summed E-state index contributed by atoms with van der Waals surface area (Å²) < 4.78 is 38.7. The number of carbonyl (C=O) groups excluding carboxylic acids is 1. The second-order valence-electron chi connectivity index (χ2n) is 8.10. The van der Waals surface area contributed by atoms with Crippen molar-refractivity contribution in [3.05, 3.63) is 83.6 Å². The van der Waals surface area contributed by atoms with E-state index in [-0.39, 0.29) is 11.7 Å². The molecule has 0 radical (unpaired) electrons. The average Bonchev–Trinajstić information content (AvgIpc) is 2.79. The summed E-state index contributed by atoms with van der Waals surface area (Å²) in [6.07, 6.45) is -1.87. The van der Waals surface area contributed by atoms with Gasteiger partial charge in [-0.15, -0.1) is 0 Å². The van der Waals surface area contributed by atoms with Gasteiger partial charge in [-0.1, -0.05) is 36.0 Å². The fraction of sp³-hybridized carbons (Fsp3) is 0.280. The summed E-state index contributed by atoms with van der Waals surface area (Å²) in [6.45, 7) is 1.31. The Labute approximate surface area is 194 Å². The van der Waals surface area contributed by atoms with Crippen LogP contribution in [0.25, 0.3) is 0 Å². The SMILES string of the molecule is O=C(c1cccc(O)c1)N1CCC(Cc2cccc(Sc3cccc(C(F)(F)F)n3)c2)CC1. The monoisotopic (exact) mass is 472 g/mol. The smallest absolute Gasteiger partial charge is 0.433 e. The third-order valence-electron chi connectivity index (χ3n) is 5.65. The topological polar surface area (TPSA) is 53.4 Å². The zero-order chi connectivity index (χ0) is 23.4. The Morgan fingerprint density at radius 3 is 2.48 bits per heavy atom. The highest BCUT2D eigenvalue weighted by Crippen LogP contribution is 2.32. The average molecular weight is 473 g/mol. The first-order valence-electron chi connectivity index (χ1n) is 10.7. The standard InChI is InChI=1S/C25H23F3N2O2S/c26-25(27,28)22-8-3-9-23(29-22)33-21-7-1-4-18(15-21)14-17-10-12-30(13-11-17)24(32)19-5-2-6-20(31)16-19/h1-9,15-17,31H,10-14H2. The van der Waals surface area contributed by atoms with Crippen molar-refractivity contribution in [3.8, 4) is 5.75 Å². The normalized spacial score (nSPS) is 14.9. The summed E-state index contributed by atoms with van der Waals surface area (Å²) in [6, 6.07) is 18.1. The molecule has 172 valence electrons. The fourth-order valence-corrected chi connectivity index (χ4v) is 4.87. The van der Waals surface area contributed by atoms with E-state index in [1.54, 1.807) is 24.3 Å². The Morgan fingerprint density at radius 2 is 1.76 bits per heavy atom. The Kier molecular flexibility index (Phi) is 6.93. The lowest BCUT2D eigenvalue weighted by molar-refractivity contribution is -0.141. The number of nitrogens with zero attached hydrogens (tertiary/aromatic N) is 2. The number of alkyl halides is 3. The third kappa shape index (κ3) is 6.07. The minimum Gasteiger partial charge on any atom is -0.508 e. The maximum atomic E-state index is 12.9. The van der Waals surface area contributed by atoms with E-state index in [0.717, 1.165) is 35.8 Å². The summed E-state index contributed by atoms with van der Waals surface area (Å²) in [5, 5.41) is 9.91. The molecule has 33 heavy (non-hydrogen) atoms. The van der Waals surface area contributed by atoms with Gasteiger partial charge < -0.3 is 10.0 Å². The number of phenols is 1. The van der Waals surface area contributed by atoms with Gasteiger partial charge in [-0.25, -0.2) is 4.98 Å². The second-order valence-corrected chi connectivity index (χ2v) is 9.19. The second kappa shape index (κ2) is 9.87. The predicted octanol–water partition coefficient (Wildman–Crippen LogP) is 6.05. The minimum atomic E-state index is -4.46. The Balaban J connectivity index is 1.34. The lowest BCUT2D eigenvalue weighted by Gasteiger charge is -2.32. The van der Waals surface area contributed by atoms with Crippen molar-refractivity contribution >= 4 is 17.7 Å². The number of pyridine rings is 1. The van der Waals surface area contributed by atoms with Gasteiger partial charge in [0.15, 0.2) is 0 Å². The molecule has 8 heteroatoms. The van der Waals surface area contributed by atoms with Crippen LogP contribution in [0.15, 0.2) is 76.7 Å². The van der Waals surface area contributed by atoms with Gasteiger partial charge in [0.2, 0.25) is 0 Å². The molecule has 2 heterocycles. The Hall–Kier alpha value is -3.00. The molecular weight excluding hydrogens is 449 g/mol. The van der Waals surface area contributed by atoms with Crippen molar-refractivity contribution in [1.29, 1.82) is 0 Å². The van der Waals surface area contributed by atoms with Gasteiger partial charge in [0.1, 0.15) is 16.5 Å². The third-order valence-corrected chi connectivity index (χ3v) is 6.58. The van der Waals surface area contributed by atoms with Gasteiger partial charge in [0, 0.05) is 23.5 Å². The molecule has 1 fully saturated rings. The largest absolute Gasteiger partial charge is 0.508 e. The Bertz CT molecular complexity index is 1130. The van der Waals surface area contributed by atoms with Crippen LogP contribution in [-0.2, 0) is 12.6 Å². The number of carbonyl (C=O) groups is 1. The molecular formula is C25H23F3N2O2S. The van der Waals surface area contributed by atoms with Gasteiger partial charge in [0.25, 0.3) is 5.91 Å². The number of benzene rings is 2. The number of halogens is 3. The van der Waals surface area contributed by atoms with Crippen LogP contribution in [0.2, 0.25) is 0 Å². The number of piperidine rings is 1. The van der Waals surface area contributed by atoms with E-state index in [4.69, 9.17) is 0 Å². The van der Waals surface area contributed by atoms with Crippen molar-refractivity contribution in [2.75, 3.05) is 13.1 Å². The molecule has 0 atom stereocenters. The number of aromatic hydroxyl groups is 1. The van der Waals surface area contributed by atoms with Crippen LogP contribution in [0.1, 0.15) is 34.5 Å². The highest BCUT2D eigenvalue weighted by atomic mass is 32.2. The van der Waals surface area contributed by atoms with Gasteiger partial charge in [0.05, 0.1) is 0 Å². The molecule has 2 aromatic carbocycles. The molecule has 4 rings (SSSR count). The van der Waals surface area contributed by atoms with Crippen molar-refractivity contribution < 1.29 is 23.1 Å². The maximum Gasteiger partial charge on any atom is 0.433 e. The summed E-state index contributed by atoms with van der Waals surface area (Å²) in [4.78, 5) is 19.0. The van der Waals surface area contributed by atoms with E-state index in [2.05, 4.69) is 4.98 Å². The molecule has 0 bridgehead atoms. The highest BCUT2D eigenvalue weighted by Gasteiger charge is 2.32. The molecule has 1 aliphatic heterocycles. The number of hydrogen-bond donors (Lipinski definition) is 1.